The van der Waals surface area contributed by atoms with Crippen LogP contribution in [0.4, 0.5) is 5.69 Å². The first-order valence-corrected chi connectivity index (χ1v) is 7.05. The molecule has 1 aliphatic rings. The number of carbonyl (C=O) groups excluding carboxylic acids is 1. The summed E-state index contributed by atoms with van der Waals surface area (Å²) in [7, 11) is 2.08. The number of anilines is 1. The molecule has 2 rings (SSSR count). The molecule has 0 aliphatic carbocycles. The fraction of sp³-hybridized carbons (Fsp3) is 0.533. The number of hydrogen-bond donors (Lipinski definition) is 1. The smallest absolute Gasteiger partial charge is 0.310 e. The minimum absolute atomic E-state index is 0.0182. The van der Waals surface area contributed by atoms with Gasteiger partial charge in [-0.2, -0.15) is 0 Å². The second kappa shape index (κ2) is 6.72. The molecule has 0 radical (unpaired) electrons. The number of carbonyl (C=O) groups is 1. The Morgan fingerprint density at radius 3 is 2.65 bits per heavy atom. The molecule has 0 amide bonds. The maximum Gasteiger partial charge on any atom is 0.310 e. The molecule has 1 fully saturated rings. The monoisotopic (exact) mass is 277 g/mol. The van der Waals surface area contributed by atoms with Crippen molar-refractivity contribution in [1.82, 2.24) is 4.90 Å². The molecule has 1 unspecified atom stereocenters. The normalized spacial score (nSPS) is 19.9. The lowest BCUT2D eigenvalue weighted by Gasteiger charge is -2.39. The largest absolute Gasteiger partial charge is 0.466 e. The molecule has 1 heterocycles. The molecule has 1 saturated heterocycles. The van der Waals surface area contributed by atoms with Crippen molar-refractivity contribution in [3.63, 3.8) is 0 Å². The number of esters is 1. The number of piperazine rings is 1. The van der Waals surface area contributed by atoms with E-state index in [-0.39, 0.29) is 12.1 Å². The first kappa shape index (κ1) is 14.8. The van der Waals surface area contributed by atoms with E-state index in [0.717, 1.165) is 30.9 Å². The van der Waals surface area contributed by atoms with Crippen molar-refractivity contribution in [3.05, 3.63) is 29.8 Å². The fourth-order valence-corrected chi connectivity index (χ4v) is 2.46. The predicted octanol–water partition coefficient (Wildman–Crippen LogP) is 0.829. The van der Waals surface area contributed by atoms with Crippen LogP contribution in [-0.2, 0) is 16.0 Å². The zero-order valence-electron chi connectivity index (χ0n) is 12.2. The third-order valence-electron chi connectivity index (χ3n) is 3.54. The van der Waals surface area contributed by atoms with E-state index in [1.165, 1.54) is 0 Å². The van der Waals surface area contributed by atoms with Gasteiger partial charge in [0.2, 0.25) is 0 Å². The number of hydrogen-bond acceptors (Lipinski definition) is 5. The summed E-state index contributed by atoms with van der Waals surface area (Å²) in [6.07, 6.45) is 0.341. The van der Waals surface area contributed by atoms with E-state index in [2.05, 4.69) is 16.8 Å². The van der Waals surface area contributed by atoms with E-state index in [0.29, 0.717) is 13.0 Å². The summed E-state index contributed by atoms with van der Waals surface area (Å²) in [5.74, 6) is -0.184. The van der Waals surface area contributed by atoms with Crippen LogP contribution in [0.2, 0.25) is 0 Å². The fourth-order valence-electron chi connectivity index (χ4n) is 2.46. The Bertz CT molecular complexity index is 447. The lowest BCUT2D eigenvalue weighted by Crippen LogP contribution is -2.56. The van der Waals surface area contributed by atoms with Crippen LogP contribution < -0.4 is 10.6 Å². The van der Waals surface area contributed by atoms with Gasteiger partial charge in [-0.1, -0.05) is 12.1 Å². The number of benzene rings is 1. The third kappa shape index (κ3) is 3.71. The van der Waals surface area contributed by atoms with Gasteiger partial charge in [0.05, 0.1) is 19.2 Å². The van der Waals surface area contributed by atoms with Gasteiger partial charge >= 0.3 is 5.97 Å². The Hall–Kier alpha value is -1.59. The minimum Gasteiger partial charge on any atom is -0.466 e. The van der Waals surface area contributed by atoms with Gasteiger partial charge in [0.25, 0.3) is 0 Å². The average molecular weight is 277 g/mol. The number of nitrogens with zero attached hydrogens (tertiary/aromatic N) is 2. The highest BCUT2D eigenvalue weighted by atomic mass is 16.5. The topological polar surface area (TPSA) is 58.8 Å². The molecule has 20 heavy (non-hydrogen) atoms. The molecule has 0 spiro atoms. The molecule has 0 bridgehead atoms. The number of ether oxygens (including phenoxy) is 1. The van der Waals surface area contributed by atoms with Gasteiger partial charge in [0, 0.05) is 25.3 Å². The molecule has 1 atom stereocenters. The zero-order valence-corrected chi connectivity index (χ0v) is 12.2. The van der Waals surface area contributed by atoms with Crippen LogP contribution >= 0.6 is 0 Å². The van der Waals surface area contributed by atoms with Crippen LogP contribution in [0.1, 0.15) is 12.5 Å². The minimum atomic E-state index is -0.184. The molecular formula is C15H23N3O2. The highest BCUT2D eigenvalue weighted by Crippen LogP contribution is 2.19. The number of rotatable bonds is 4. The summed E-state index contributed by atoms with van der Waals surface area (Å²) in [5.41, 5.74) is 8.25. The maximum absolute atomic E-state index is 11.4. The molecule has 2 N–H and O–H groups in total. The second-order valence-electron chi connectivity index (χ2n) is 5.17. The quantitative estimate of drug-likeness (QED) is 0.826. The summed E-state index contributed by atoms with van der Waals surface area (Å²) in [6.45, 7) is 5.04. The Balaban J connectivity index is 1.99. The summed E-state index contributed by atoms with van der Waals surface area (Å²) in [5, 5.41) is 0. The van der Waals surface area contributed by atoms with Crippen molar-refractivity contribution in [1.29, 1.82) is 0 Å². The molecular weight excluding hydrogens is 254 g/mol. The van der Waals surface area contributed by atoms with Gasteiger partial charge in [-0.25, -0.2) is 0 Å². The highest BCUT2D eigenvalue weighted by Gasteiger charge is 2.21. The summed E-state index contributed by atoms with van der Waals surface area (Å²) in [6, 6.07) is 7.99. The van der Waals surface area contributed by atoms with E-state index >= 15 is 0 Å². The van der Waals surface area contributed by atoms with Gasteiger partial charge in [-0.3, -0.25) is 4.79 Å². The van der Waals surface area contributed by atoms with Crippen LogP contribution in [0.3, 0.4) is 0 Å². The van der Waals surface area contributed by atoms with Gasteiger partial charge in [0.15, 0.2) is 0 Å². The number of nitrogens with two attached hydrogens (primary N) is 1. The van der Waals surface area contributed by atoms with Crippen molar-refractivity contribution in [2.45, 2.75) is 19.5 Å². The third-order valence-corrected chi connectivity index (χ3v) is 3.54. The predicted molar refractivity (Wildman–Crippen MR) is 79.6 cm³/mol. The SMILES string of the molecule is CCOC(=O)Cc1ccc(N2CCN(C)CC2N)cc1. The van der Waals surface area contributed by atoms with Gasteiger partial charge in [-0.15, -0.1) is 0 Å². The molecule has 1 aromatic carbocycles. The van der Waals surface area contributed by atoms with Crippen molar-refractivity contribution in [2.24, 2.45) is 5.73 Å². The van der Waals surface area contributed by atoms with Crippen molar-refractivity contribution in [2.75, 3.05) is 38.2 Å². The molecule has 5 nitrogen and oxygen atoms in total. The van der Waals surface area contributed by atoms with Crippen LogP contribution in [0, 0.1) is 0 Å². The molecule has 0 aromatic heterocycles. The Labute approximate surface area is 120 Å². The Morgan fingerprint density at radius 2 is 2.05 bits per heavy atom. The van der Waals surface area contributed by atoms with Crippen LogP contribution in [0.15, 0.2) is 24.3 Å². The maximum atomic E-state index is 11.4. The standard InChI is InChI=1S/C15H23N3O2/c1-3-20-15(19)10-12-4-6-13(7-5-12)18-9-8-17(2)11-14(18)16/h4-7,14H,3,8-11,16H2,1-2H3. The van der Waals surface area contributed by atoms with Crippen LogP contribution in [0.5, 0.6) is 0 Å². The first-order valence-electron chi connectivity index (χ1n) is 7.05. The number of likely N-dealkylation sites (N-methyl/N-ethyl adjacent to an activating group) is 1. The summed E-state index contributed by atoms with van der Waals surface area (Å²) >= 11 is 0. The van der Waals surface area contributed by atoms with Gasteiger partial charge in [-0.05, 0) is 31.7 Å². The van der Waals surface area contributed by atoms with E-state index < -0.39 is 0 Å². The first-order chi connectivity index (χ1) is 9.60. The second-order valence-corrected chi connectivity index (χ2v) is 5.17. The zero-order chi connectivity index (χ0) is 14.5. The lowest BCUT2D eigenvalue weighted by molar-refractivity contribution is -0.142. The molecule has 1 aromatic rings. The van der Waals surface area contributed by atoms with Crippen molar-refractivity contribution in [3.8, 4) is 0 Å². The van der Waals surface area contributed by atoms with Gasteiger partial charge in [0.1, 0.15) is 0 Å². The molecule has 0 saturated carbocycles. The molecule has 110 valence electrons. The lowest BCUT2D eigenvalue weighted by atomic mass is 10.1. The van der Waals surface area contributed by atoms with E-state index in [1.54, 1.807) is 0 Å². The summed E-state index contributed by atoms with van der Waals surface area (Å²) < 4.78 is 4.95. The van der Waals surface area contributed by atoms with Crippen LogP contribution in [-0.4, -0.2) is 50.3 Å². The van der Waals surface area contributed by atoms with E-state index in [4.69, 9.17) is 10.5 Å². The van der Waals surface area contributed by atoms with Crippen molar-refractivity contribution >= 4 is 11.7 Å². The molecule has 5 heteroatoms. The van der Waals surface area contributed by atoms with Gasteiger partial charge < -0.3 is 20.3 Å². The van der Waals surface area contributed by atoms with Crippen molar-refractivity contribution < 1.29 is 9.53 Å². The van der Waals surface area contributed by atoms with Crippen LogP contribution in [0.25, 0.3) is 0 Å². The Kier molecular flexibility index (Phi) is 4.98. The molecule has 1 aliphatic heterocycles. The Morgan fingerprint density at radius 1 is 1.35 bits per heavy atom. The van der Waals surface area contributed by atoms with E-state index in [9.17, 15) is 4.79 Å². The highest BCUT2D eigenvalue weighted by molar-refractivity contribution is 5.72. The average Bonchev–Trinajstić information content (AvgIpc) is 2.40. The van der Waals surface area contributed by atoms with E-state index in [1.807, 2.05) is 31.2 Å². The summed E-state index contributed by atoms with van der Waals surface area (Å²) in [4.78, 5) is 15.9.